The first-order chi connectivity index (χ1) is 19.0. The van der Waals surface area contributed by atoms with Crippen LogP contribution in [0.2, 0.25) is 0 Å². The molecular weight excluding hydrogens is 486 g/mol. The highest BCUT2D eigenvalue weighted by Crippen LogP contribution is 2.20. The van der Waals surface area contributed by atoms with Crippen LogP contribution in [0.3, 0.4) is 0 Å². The Labute approximate surface area is 240 Å². The van der Waals surface area contributed by atoms with Gasteiger partial charge in [-0.25, -0.2) is 4.79 Å². The van der Waals surface area contributed by atoms with Gasteiger partial charge in [-0.3, -0.25) is 4.79 Å². The molecule has 224 valence electrons. The fourth-order valence-electron chi connectivity index (χ4n) is 4.77. The van der Waals surface area contributed by atoms with E-state index in [2.05, 4.69) is 22.5 Å². The summed E-state index contributed by atoms with van der Waals surface area (Å²) >= 11 is 0. The molecule has 39 heavy (non-hydrogen) atoms. The van der Waals surface area contributed by atoms with Crippen molar-refractivity contribution in [3.8, 4) is 5.75 Å². The van der Waals surface area contributed by atoms with E-state index in [9.17, 15) is 9.59 Å². The van der Waals surface area contributed by atoms with Crippen molar-refractivity contribution in [2.75, 3.05) is 33.7 Å². The molecule has 0 aliphatic rings. The summed E-state index contributed by atoms with van der Waals surface area (Å²) in [5.41, 5.74) is 0.874. The van der Waals surface area contributed by atoms with Gasteiger partial charge < -0.3 is 20.3 Å². The number of para-hydroxylation sites is 1. The highest BCUT2D eigenvalue weighted by atomic mass is 16.6. The molecule has 1 rings (SSSR count). The molecule has 2 amide bonds. The van der Waals surface area contributed by atoms with Crippen molar-refractivity contribution >= 4 is 12.0 Å². The standard InChI is InChI=1S/C33H59N3O3/c1-4-5-6-7-8-9-10-11-12-13-14-15-16-17-18-21-27-35-33(38)39-31-24-20-19-23-30(31)25-26-32(37)34-28-22-29-36(2)3/h19-20,23-24H,4-18,21-22,25-29H2,1-3H3,(H,34,37)(H,35,38). The Morgan fingerprint density at radius 1 is 0.692 bits per heavy atom. The monoisotopic (exact) mass is 545 g/mol. The van der Waals surface area contributed by atoms with E-state index in [0.29, 0.717) is 31.7 Å². The first-order valence-corrected chi connectivity index (χ1v) is 16.0. The van der Waals surface area contributed by atoms with E-state index in [1.165, 1.54) is 89.9 Å². The second-order valence-electron chi connectivity index (χ2n) is 11.2. The van der Waals surface area contributed by atoms with Gasteiger partial charge in [-0.05, 0) is 51.5 Å². The van der Waals surface area contributed by atoms with E-state index in [-0.39, 0.29) is 5.91 Å². The molecule has 0 saturated heterocycles. The maximum Gasteiger partial charge on any atom is 0.412 e. The third-order valence-electron chi connectivity index (χ3n) is 7.20. The third kappa shape index (κ3) is 21.4. The normalized spacial score (nSPS) is 11.1. The topological polar surface area (TPSA) is 70.7 Å². The molecule has 0 bridgehead atoms. The molecule has 0 aliphatic carbocycles. The van der Waals surface area contributed by atoms with Gasteiger partial charge in [-0.15, -0.1) is 0 Å². The van der Waals surface area contributed by atoms with Crippen LogP contribution < -0.4 is 15.4 Å². The van der Waals surface area contributed by atoms with Gasteiger partial charge in [0.05, 0.1) is 0 Å². The zero-order valence-corrected chi connectivity index (χ0v) is 25.5. The molecule has 0 heterocycles. The molecule has 0 atom stereocenters. The number of carbonyl (C=O) groups excluding carboxylic acids is 2. The number of ether oxygens (including phenoxy) is 1. The number of amides is 2. The van der Waals surface area contributed by atoms with Gasteiger partial charge in [0.25, 0.3) is 0 Å². The van der Waals surface area contributed by atoms with Crippen LogP contribution in [0.4, 0.5) is 4.79 Å². The molecule has 2 N–H and O–H groups in total. The third-order valence-corrected chi connectivity index (χ3v) is 7.20. The molecule has 1 aromatic carbocycles. The van der Waals surface area contributed by atoms with Gasteiger partial charge in [0.2, 0.25) is 5.91 Å². The minimum Gasteiger partial charge on any atom is -0.410 e. The van der Waals surface area contributed by atoms with E-state index >= 15 is 0 Å². The van der Waals surface area contributed by atoms with Crippen LogP contribution in [0.25, 0.3) is 0 Å². The smallest absolute Gasteiger partial charge is 0.410 e. The lowest BCUT2D eigenvalue weighted by Gasteiger charge is -2.12. The molecule has 6 heteroatoms. The van der Waals surface area contributed by atoms with Gasteiger partial charge in [0, 0.05) is 19.5 Å². The zero-order chi connectivity index (χ0) is 28.4. The highest BCUT2D eigenvalue weighted by Gasteiger charge is 2.10. The molecule has 0 fully saturated rings. The zero-order valence-electron chi connectivity index (χ0n) is 25.5. The van der Waals surface area contributed by atoms with Crippen molar-refractivity contribution in [1.29, 1.82) is 0 Å². The summed E-state index contributed by atoms with van der Waals surface area (Å²) in [5, 5.41) is 5.83. The Balaban J connectivity index is 2.02. The summed E-state index contributed by atoms with van der Waals surface area (Å²) < 4.78 is 5.54. The fourth-order valence-corrected chi connectivity index (χ4v) is 4.77. The number of carbonyl (C=O) groups is 2. The van der Waals surface area contributed by atoms with Crippen LogP contribution in [-0.4, -0.2) is 50.6 Å². The summed E-state index contributed by atoms with van der Waals surface area (Å²) in [6.07, 6.45) is 22.8. The fraction of sp³-hybridized carbons (Fsp3) is 0.758. The number of hydrogen-bond donors (Lipinski definition) is 2. The molecule has 0 spiro atoms. The summed E-state index contributed by atoms with van der Waals surface area (Å²) in [6, 6.07) is 7.46. The lowest BCUT2D eigenvalue weighted by atomic mass is 10.0. The first kappa shape index (κ1) is 34.9. The van der Waals surface area contributed by atoms with Gasteiger partial charge in [0.1, 0.15) is 5.75 Å². The SMILES string of the molecule is CCCCCCCCCCCCCCCCCCNC(=O)Oc1ccccc1CCC(=O)NCCCN(C)C. The Bertz CT molecular complexity index is 739. The number of unbranched alkanes of at least 4 members (excludes halogenated alkanes) is 15. The van der Waals surface area contributed by atoms with Crippen molar-refractivity contribution in [1.82, 2.24) is 15.5 Å². The molecule has 0 saturated carbocycles. The quantitative estimate of drug-likeness (QED) is 0.122. The number of hydrogen-bond acceptors (Lipinski definition) is 4. The van der Waals surface area contributed by atoms with Crippen LogP contribution in [0, 0.1) is 0 Å². The van der Waals surface area contributed by atoms with Crippen LogP contribution in [0.1, 0.15) is 128 Å². The molecule has 0 radical (unpaired) electrons. The Kier molecular flexibility index (Phi) is 22.3. The van der Waals surface area contributed by atoms with Crippen molar-refractivity contribution < 1.29 is 14.3 Å². The maximum absolute atomic E-state index is 12.3. The van der Waals surface area contributed by atoms with Crippen molar-refractivity contribution in [2.24, 2.45) is 0 Å². The first-order valence-electron chi connectivity index (χ1n) is 16.0. The number of nitrogens with one attached hydrogen (secondary N) is 2. The maximum atomic E-state index is 12.3. The molecule has 0 aliphatic heterocycles. The largest absolute Gasteiger partial charge is 0.412 e. The van der Waals surface area contributed by atoms with Gasteiger partial charge in [-0.2, -0.15) is 0 Å². The number of benzene rings is 1. The summed E-state index contributed by atoms with van der Waals surface area (Å²) in [5.74, 6) is 0.555. The van der Waals surface area contributed by atoms with E-state index in [0.717, 1.165) is 31.4 Å². The predicted octanol–water partition coefficient (Wildman–Crippen LogP) is 8.04. The molecular formula is C33H59N3O3. The minimum atomic E-state index is -0.420. The van der Waals surface area contributed by atoms with Crippen molar-refractivity contribution in [3.05, 3.63) is 29.8 Å². The van der Waals surface area contributed by atoms with Crippen molar-refractivity contribution in [2.45, 2.75) is 129 Å². The lowest BCUT2D eigenvalue weighted by Crippen LogP contribution is -2.28. The number of rotatable bonds is 25. The lowest BCUT2D eigenvalue weighted by molar-refractivity contribution is -0.121. The second kappa shape index (κ2) is 24.9. The second-order valence-corrected chi connectivity index (χ2v) is 11.2. The summed E-state index contributed by atoms with van der Waals surface area (Å²) in [4.78, 5) is 26.5. The van der Waals surface area contributed by atoms with E-state index < -0.39 is 6.09 Å². The van der Waals surface area contributed by atoms with Crippen molar-refractivity contribution in [3.63, 3.8) is 0 Å². The Morgan fingerprint density at radius 3 is 1.77 bits per heavy atom. The van der Waals surface area contributed by atoms with E-state index in [4.69, 9.17) is 4.74 Å². The molecule has 6 nitrogen and oxygen atoms in total. The number of nitrogens with zero attached hydrogens (tertiary/aromatic N) is 1. The summed E-state index contributed by atoms with van der Waals surface area (Å²) in [6.45, 7) is 4.54. The molecule has 0 unspecified atom stereocenters. The van der Waals surface area contributed by atoms with Gasteiger partial charge >= 0.3 is 6.09 Å². The average Bonchev–Trinajstić information content (AvgIpc) is 2.92. The number of aryl methyl sites for hydroxylation is 1. The predicted molar refractivity (Wildman–Crippen MR) is 165 cm³/mol. The van der Waals surface area contributed by atoms with E-state index in [1.54, 1.807) is 6.07 Å². The van der Waals surface area contributed by atoms with Gasteiger partial charge in [0.15, 0.2) is 0 Å². The summed E-state index contributed by atoms with van der Waals surface area (Å²) in [7, 11) is 4.05. The Hall–Kier alpha value is -2.08. The minimum absolute atomic E-state index is 0.0245. The van der Waals surface area contributed by atoms with Crippen LogP contribution in [0.5, 0.6) is 5.75 Å². The van der Waals surface area contributed by atoms with Crippen LogP contribution in [0.15, 0.2) is 24.3 Å². The van der Waals surface area contributed by atoms with Crippen LogP contribution >= 0.6 is 0 Å². The molecule has 1 aromatic rings. The molecule has 0 aromatic heterocycles. The van der Waals surface area contributed by atoms with Gasteiger partial charge in [-0.1, -0.05) is 121 Å². The highest BCUT2D eigenvalue weighted by molar-refractivity contribution is 5.76. The van der Waals surface area contributed by atoms with E-state index in [1.807, 2.05) is 32.3 Å². The average molecular weight is 546 g/mol. The van der Waals surface area contributed by atoms with Crippen LogP contribution in [-0.2, 0) is 11.2 Å². The Morgan fingerprint density at radius 2 is 1.21 bits per heavy atom.